The van der Waals surface area contributed by atoms with E-state index in [0.717, 1.165) is 32.3 Å². The lowest BCUT2D eigenvalue weighted by Crippen LogP contribution is -2.37. The third-order valence-electron chi connectivity index (χ3n) is 4.90. The second-order valence-corrected chi connectivity index (χ2v) is 5.95. The first-order chi connectivity index (χ1) is 8.04. The number of ether oxygens (including phenoxy) is 2. The number of hydrogen-bond donors (Lipinski definition) is 0. The Morgan fingerprint density at radius 3 is 2.94 bits per heavy atom. The molecule has 1 aliphatic carbocycles. The molecule has 0 aromatic carbocycles. The van der Waals surface area contributed by atoms with Crippen molar-refractivity contribution in [3.63, 3.8) is 0 Å². The van der Waals surface area contributed by atoms with Crippen LogP contribution in [0.2, 0.25) is 0 Å². The molecule has 2 saturated heterocycles. The number of rotatable bonds is 1. The summed E-state index contributed by atoms with van der Waals surface area (Å²) in [4.78, 5) is 11.9. The summed E-state index contributed by atoms with van der Waals surface area (Å²) in [5, 5.41) is 0. The number of allylic oxidation sites excluding steroid dienone is 2. The van der Waals surface area contributed by atoms with Gasteiger partial charge in [0.25, 0.3) is 0 Å². The zero-order valence-corrected chi connectivity index (χ0v) is 10.6. The lowest BCUT2D eigenvalue weighted by atomic mass is 9.76. The van der Waals surface area contributed by atoms with E-state index in [2.05, 4.69) is 6.92 Å². The Bertz CT molecular complexity index is 358. The molecule has 3 heteroatoms. The highest BCUT2D eigenvalue weighted by atomic mass is 16.7. The van der Waals surface area contributed by atoms with Crippen LogP contribution in [0, 0.1) is 11.3 Å². The van der Waals surface area contributed by atoms with E-state index in [1.54, 1.807) is 6.08 Å². The maximum absolute atomic E-state index is 11.9. The zero-order valence-electron chi connectivity index (χ0n) is 10.6. The normalized spacial score (nSPS) is 49.6. The van der Waals surface area contributed by atoms with Gasteiger partial charge in [-0.25, -0.2) is 0 Å². The largest absolute Gasteiger partial charge is 0.350 e. The summed E-state index contributed by atoms with van der Waals surface area (Å²) in [7, 11) is 0. The van der Waals surface area contributed by atoms with Gasteiger partial charge >= 0.3 is 0 Å². The van der Waals surface area contributed by atoms with E-state index in [9.17, 15) is 4.79 Å². The summed E-state index contributed by atoms with van der Waals surface area (Å²) in [6.07, 6.45) is 7.63. The topological polar surface area (TPSA) is 35.5 Å². The number of hydrogen-bond acceptors (Lipinski definition) is 3. The van der Waals surface area contributed by atoms with Gasteiger partial charge in [0.2, 0.25) is 0 Å². The summed E-state index contributed by atoms with van der Waals surface area (Å²) < 4.78 is 11.9. The minimum atomic E-state index is -0.473. The number of fused-ring (bicyclic) bond motifs is 1. The Labute approximate surface area is 102 Å². The molecule has 17 heavy (non-hydrogen) atoms. The van der Waals surface area contributed by atoms with Gasteiger partial charge in [-0.2, -0.15) is 0 Å². The highest BCUT2D eigenvalue weighted by Gasteiger charge is 2.59. The highest BCUT2D eigenvalue weighted by Crippen LogP contribution is 2.55. The molecule has 0 saturated carbocycles. The summed E-state index contributed by atoms with van der Waals surface area (Å²) in [6, 6.07) is 0. The lowest BCUT2D eigenvalue weighted by molar-refractivity contribution is -0.222. The van der Waals surface area contributed by atoms with Crippen molar-refractivity contribution < 1.29 is 14.3 Å². The Kier molecular flexibility index (Phi) is 2.46. The third kappa shape index (κ3) is 1.59. The molecule has 2 fully saturated rings. The first kappa shape index (κ1) is 11.4. The molecule has 4 unspecified atom stereocenters. The summed E-state index contributed by atoms with van der Waals surface area (Å²) in [5.41, 5.74) is 0.0824. The van der Waals surface area contributed by atoms with Crippen LogP contribution in [0.15, 0.2) is 12.2 Å². The van der Waals surface area contributed by atoms with Crippen molar-refractivity contribution in [2.24, 2.45) is 11.3 Å². The molecule has 3 nitrogen and oxygen atoms in total. The molecule has 0 aromatic heterocycles. The maximum atomic E-state index is 11.9. The SMILES string of the molecule is CC12CCOC1(C)OC(C1CCC=CC1=O)C2. The van der Waals surface area contributed by atoms with E-state index >= 15 is 0 Å². The van der Waals surface area contributed by atoms with Gasteiger partial charge < -0.3 is 9.47 Å². The van der Waals surface area contributed by atoms with Crippen molar-refractivity contribution in [1.29, 1.82) is 0 Å². The number of ketones is 1. The van der Waals surface area contributed by atoms with Gasteiger partial charge in [-0.15, -0.1) is 0 Å². The summed E-state index contributed by atoms with van der Waals surface area (Å²) in [5.74, 6) is -0.199. The van der Waals surface area contributed by atoms with E-state index in [4.69, 9.17) is 9.47 Å². The van der Waals surface area contributed by atoms with Crippen LogP contribution in [-0.4, -0.2) is 24.3 Å². The van der Waals surface area contributed by atoms with Crippen molar-refractivity contribution in [3.8, 4) is 0 Å². The molecule has 0 spiro atoms. The smallest absolute Gasteiger partial charge is 0.171 e. The highest BCUT2D eigenvalue weighted by molar-refractivity contribution is 5.92. The average Bonchev–Trinajstić information content (AvgIpc) is 2.67. The van der Waals surface area contributed by atoms with E-state index in [1.165, 1.54) is 0 Å². The second-order valence-electron chi connectivity index (χ2n) is 5.95. The lowest BCUT2D eigenvalue weighted by Gasteiger charge is -2.30. The fraction of sp³-hybridized carbons (Fsp3) is 0.786. The van der Waals surface area contributed by atoms with Crippen molar-refractivity contribution in [3.05, 3.63) is 12.2 Å². The average molecular weight is 236 g/mol. The van der Waals surface area contributed by atoms with Crippen LogP contribution in [0.25, 0.3) is 0 Å². The standard InChI is InChI=1S/C14H20O3/c1-13-7-8-16-14(13,2)17-12(9-13)10-5-3-4-6-11(10)15/h4,6,10,12H,3,5,7-9H2,1-2H3. The quantitative estimate of drug-likeness (QED) is 0.701. The van der Waals surface area contributed by atoms with Gasteiger partial charge in [0.05, 0.1) is 12.7 Å². The van der Waals surface area contributed by atoms with E-state index in [0.29, 0.717) is 0 Å². The van der Waals surface area contributed by atoms with E-state index < -0.39 is 5.79 Å². The van der Waals surface area contributed by atoms with Gasteiger partial charge in [-0.1, -0.05) is 13.0 Å². The fourth-order valence-electron chi connectivity index (χ4n) is 3.45. The zero-order chi connectivity index (χ0) is 12.1. The maximum Gasteiger partial charge on any atom is 0.171 e. The minimum absolute atomic E-state index is 0.0442. The van der Waals surface area contributed by atoms with Gasteiger partial charge in [-0.3, -0.25) is 4.79 Å². The molecule has 2 heterocycles. The van der Waals surface area contributed by atoms with Crippen LogP contribution in [0.5, 0.6) is 0 Å². The first-order valence-corrected chi connectivity index (χ1v) is 6.56. The van der Waals surface area contributed by atoms with Crippen LogP contribution < -0.4 is 0 Å². The number of carbonyl (C=O) groups excluding carboxylic acids is 1. The van der Waals surface area contributed by atoms with Gasteiger partial charge in [-0.05, 0) is 38.7 Å². The van der Waals surface area contributed by atoms with Crippen molar-refractivity contribution in [1.82, 2.24) is 0 Å². The van der Waals surface area contributed by atoms with Crippen molar-refractivity contribution >= 4 is 5.78 Å². The van der Waals surface area contributed by atoms with Crippen LogP contribution >= 0.6 is 0 Å². The fourth-order valence-corrected chi connectivity index (χ4v) is 3.45. The monoisotopic (exact) mass is 236 g/mol. The van der Waals surface area contributed by atoms with Crippen molar-refractivity contribution in [2.45, 2.75) is 51.4 Å². The molecule has 0 bridgehead atoms. The Morgan fingerprint density at radius 1 is 1.41 bits per heavy atom. The molecular weight excluding hydrogens is 216 g/mol. The van der Waals surface area contributed by atoms with Crippen molar-refractivity contribution in [2.75, 3.05) is 6.61 Å². The molecule has 2 aliphatic heterocycles. The van der Waals surface area contributed by atoms with Gasteiger partial charge in [0.1, 0.15) is 0 Å². The van der Waals surface area contributed by atoms with Crippen LogP contribution in [-0.2, 0) is 14.3 Å². The van der Waals surface area contributed by atoms with E-state index in [1.807, 2.05) is 13.0 Å². The van der Waals surface area contributed by atoms with Gasteiger partial charge in [0, 0.05) is 11.3 Å². The molecule has 0 amide bonds. The molecule has 3 rings (SSSR count). The summed E-state index contributed by atoms with van der Waals surface area (Å²) >= 11 is 0. The molecule has 3 aliphatic rings. The Hall–Kier alpha value is -0.670. The molecule has 0 N–H and O–H groups in total. The Balaban J connectivity index is 1.80. The molecule has 0 radical (unpaired) electrons. The third-order valence-corrected chi connectivity index (χ3v) is 4.90. The van der Waals surface area contributed by atoms with Crippen LogP contribution in [0.3, 0.4) is 0 Å². The first-order valence-electron chi connectivity index (χ1n) is 6.56. The van der Waals surface area contributed by atoms with Gasteiger partial charge in [0.15, 0.2) is 11.6 Å². The van der Waals surface area contributed by atoms with E-state index in [-0.39, 0.29) is 23.2 Å². The molecular formula is C14H20O3. The molecule has 4 atom stereocenters. The predicted molar refractivity (Wildman–Crippen MR) is 63.4 cm³/mol. The predicted octanol–water partition coefficient (Wildman–Crippen LogP) is 2.45. The Morgan fingerprint density at radius 2 is 2.24 bits per heavy atom. The molecule has 94 valence electrons. The minimum Gasteiger partial charge on any atom is -0.350 e. The van der Waals surface area contributed by atoms with Crippen LogP contribution in [0.1, 0.15) is 39.5 Å². The summed E-state index contributed by atoms with van der Waals surface area (Å²) in [6.45, 7) is 5.03. The number of carbonyl (C=O) groups is 1. The molecule has 0 aromatic rings. The van der Waals surface area contributed by atoms with Crippen LogP contribution in [0.4, 0.5) is 0 Å². The second kappa shape index (κ2) is 3.66.